The fraction of sp³-hybridized carbons (Fsp3) is 0.600. The molecule has 0 unspecified atom stereocenters. The second kappa shape index (κ2) is 5.95. The summed E-state index contributed by atoms with van der Waals surface area (Å²) in [5.74, 6) is -0.359. The van der Waals surface area contributed by atoms with E-state index >= 15 is 0 Å². The van der Waals surface area contributed by atoms with Crippen molar-refractivity contribution in [3.63, 3.8) is 0 Å². The van der Waals surface area contributed by atoms with E-state index in [4.69, 9.17) is 0 Å². The van der Waals surface area contributed by atoms with Crippen molar-refractivity contribution in [1.82, 2.24) is 5.32 Å². The van der Waals surface area contributed by atoms with Gasteiger partial charge in [0.1, 0.15) is 0 Å². The van der Waals surface area contributed by atoms with Gasteiger partial charge in [0.15, 0.2) is 0 Å². The highest BCUT2D eigenvalue weighted by Crippen LogP contribution is 2.38. The zero-order valence-corrected chi connectivity index (χ0v) is 12.8. The van der Waals surface area contributed by atoms with Crippen LogP contribution in [0, 0.1) is 18.3 Å². The van der Waals surface area contributed by atoms with Crippen molar-refractivity contribution in [2.45, 2.75) is 39.5 Å². The summed E-state index contributed by atoms with van der Waals surface area (Å²) in [6.07, 6.45) is 3.13. The van der Waals surface area contributed by atoms with Gasteiger partial charge in [-0.1, -0.05) is 6.92 Å². The van der Waals surface area contributed by atoms with E-state index in [0.29, 0.717) is 23.6 Å². The molecule has 2 N–H and O–H groups in total. The number of carbonyl (C=O) groups excluding carboxylic acids is 1. The number of thiophene rings is 1. The predicted molar refractivity (Wildman–Crippen MR) is 79.1 cm³/mol. The van der Waals surface area contributed by atoms with Crippen LogP contribution >= 0.6 is 11.3 Å². The number of rotatable bonds is 4. The van der Waals surface area contributed by atoms with Crippen LogP contribution in [0.25, 0.3) is 0 Å². The van der Waals surface area contributed by atoms with E-state index in [0.717, 1.165) is 18.4 Å². The van der Waals surface area contributed by atoms with Crippen LogP contribution in [-0.4, -0.2) is 23.5 Å². The third-order valence-corrected chi connectivity index (χ3v) is 5.36. The number of carboxylic acids is 1. The van der Waals surface area contributed by atoms with Crippen molar-refractivity contribution in [3.05, 3.63) is 21.9 Å². The van der Waals surface area contributed by atoms with Crippen LogP contribution in [0.15, 0.2) is 11.4 Å². The van der Waals surface area contributed by atoms with Gasteiger partial charge >= 0.3 is 5.97 Å². The molecule has 1 aromatic rings. The second-order valence-corrected chi connectivity index (χ2v) is 6.80. The Kier molecular flexibility index (Phi) is 4.48. The Morgan fingerprint density at radius 1 is 1.45 bits per heavy atom. The quantitative estimate of drug-likeness (QED) is 0.897. The minimum absolute atomic E-state index is 0.156. The molecular formula is C15H21NO3S. The summed E-state index contributed by atoms with van der Waals surface area (Å²) in [4.78, 5) is 24.4. The molecular weight excluding hydrogens is 274 g/mol. The molecule has 1 heterocycles. The number of hydrogen-bond donors (Lipinski definition) is 2. The van der Waals surface area contributed by atoms with Gasteiger partial charge in [-0.05, 0) is 55.5 Å². The van der Waals surface area contributed by atoms with Crippen LogP contribution in [0.2, 0.25) is 0 Å². The number of aliphatic carboxylic acids is 1. The minimum atomic E-state index is -0.785. The highest BCUT2D eigenvalue weighted by molar-refractivity contribution is 7.12. The molecule has 1 fully saturated rings. The summed E-state index contributed by atoms with van der Waals surface area (Å²) in [7, 11) is 0. The van der Waals surface area contributed by atoms with Gasteiger partial charge in [-0.2, -0.15) is 0 Å². The van der Waals surface area contributed by atoms with E-state index < -0.39 is 11.4 Å². The number of aryl methyl sites for hydroxylation is 1. The van der Waals surface area contributed by atoms with Crippen LogP contribution in [0.1, 0.15) is 47.8 Å². The lowest BCUT2D eigenvalue weighted by atomic mass is 9.71. The second-order valence-electron chi connectivity index (χ2n) is 5.88. The molecule has 1 aromatic heterocycles. The summed E-state index contributed by atoms with van der Waals surface area (Å²) in [6.45, 7) is 4.27. The van der Waals surface area contributed by atoms with E-state index in [1.54, 1.807) is 0 Å². The van der Waals surface area contributed by atoms with Crippen LogP contribution < -0.4 is 5.32 Å². The van der Waals surface area contributed by atoms with Gasteiger partial charge in [0, 0.05) is 6.54 Å². The van der Waals surface area contributed by atoms with E-state index in [1.165, 1.54) is 11.3 Å². The Morgan fingerprint density at radius 2 is 2.10 bits per heavy atom. The topological polar surface area (TPSA) is 66.4 Å². The zero-order valence-electron chi connectivity index (χ0n) is 11.9. The number of carbonyl (C=O) groups is 2. The molecule has 1 saturated carbocycles. The highest BCUT2D eigenvalue weighted by atomic mass is 32.1. The number of hydrogen-bond acceptors (Lipinski definition) is 3. The molecule has 1 amide bonds. The largest absolute Gasteiger partial charge is 0.481 e. The van der Waals surface area contributed by atoms with Gasteiger partial charge in [-0.3, -0.25) is 9.59 Å². The first-order chi connectivity index (χ1) is 9.44. The smallest absolute Gasteiger partial charge is 0.311 e. The van der Waals surface area contributed by atoms with Crippen molar-refractivity contribution in [2.75, 3.05) is 6.54 Å². The van der Waals surface area contributed by atoms with E-state index in [9.17, 15) is 14.7 Å². The number of nitrogens with one attached hydrogen (secondary N) is 1. The van der Waals surface area contributed by atoms with Crippen LogP contribution in [-0.2, 0) is 4.79 Å². The molecule has 5 heteroatoms. The van der Waals surface area contributed by atoms with Crippen molar-refractivity contribution < 1.29 is 14.7 Å². The molecule has 4 nitrogen and oxygen atoms in total. The summed E-state index contributed by atoms with van der Waals surface area (Å²) in [5.41, 5.74) is 0.155. The van der Waals surface area contributed by atoms with Crippen LogP contribution in [0.3, 0.4) is 0 Å². The molecule has 0 spiro atoms. The van der Waals surface area contributed by atoms with E-state index in [2.05, 4.69) is 12.2 Å². The van der Waals surface area contributed by atoms with Gasteiger partial charge in [-0.15, -0.1) is 11.3 Å². The molecule has 0 radical (unpaired) electrons. The molecule has 0 aliphatic heterocycles. The molecule has 110 valence electrons. The normalized spacial score (nSPS) is 26.2. The Balaban J connectivity index is 2.02. The molecule has 20 heavy (non-hydrogen) atoms. The molecule has 1 aliphatic rings. The lowest BCUT2D eigenvalue weighted by molar-refractivity contribution is -0.151. The van der Waals surface area contributed by atoms with Crippen LogP contribution in [0.5, 0.6) is 0 Å². The summed E-state index contributed by atoms with van der Waals surface area (Å²) < 4.78 is 0. The Hall–Kier alpha value is -1.36. The van der Waals surface area contributed by atoms with Gasteiger partial charge in [-0.25, -0.2) is 0 Å². The molecule has 0 atom stereocenters. The van der Waals surface area contributed by atoms with Gasteiger partial charge in [0.25, 0.3) is 5.91 Å². The fourth-order valence-corrected chi connectivity index (χ4v) is 3.56. The van der Waals surface area contributed by atoms with Crippen LogP contribution in [0.4, 0.5) is 0 Å². The first-order valence-corrected chi connectivity index (χ1v) is 7.88. The molecule has 0 aromatic carbocycles. The monoisotopic (exact) mass is 295 g/mol. The first kappa shape index (κ1) is 15.0. The standard InChI is InChI=1S/C15H21NO3S/c1-10-3-6-15(7-4-10,14(18)19)9-16-13(17)12-11(2)5-8-20-12/h5,8,10H,3-4,6-7,9H2,1-2H3,(H,16,17)(H,18,19). The van der Waals surface area contributed by atoms with Crippen molar-refractivity contribution in [2.24, 2.45) is 11.3 Å². The summed E-state index contributed by atoms with van der Waals surface area (Å²) in [6, 6.07) is 1.90. The third-order valence-electron chi connectivity index (χ3n) is 4.34. The average Bonchev–Trinajstić information content (AvgIpc) is 2.84. The minimum Gasteiger partial charge on any atom is -0.481 e. The molecule has 0 bridgehead atoms. The van der Waals surface area contributed by atoms with Crippen molar-refractivity contribution >= 4 is 23.2 Å². The third kappa shape index (κ3) is 3.03. The predicted octanol–water partition coefficient (Wildman–Crippen LogP) is 3.07. The van der Waals surface area contributed by atoms with E-state index in [1.807, 2.05) is 18.4 Å². The van der Waals surface area contributed by atoms with Gasteiger partial charge in [0.2, 0.25) is 0 Å². The Morgan fingerprint density at radius 3 is 2.60 bits per heavy atom. The summed E-state index contributed by atoms with van der Waals surface area (Å²) in [5, 5.41) is 14.2. The number of carboxylic acid groups (broad SMARTS) is 1. The van der Waals surface area contributed by atoms with Gasteiger partial charge in [0.05, 0.1) is 10.3 Å². The Labute approximate surface area is 123 Å². The van der Waals surface area contributed by atoms with Crippen molar-refractivity contribution in [1.29, 1.82) is 0 Å². The number of amides is 1. The molecule has 1 aliphatic carbocycles. The molecule has 2 rings (SSSR count). The van der Waals surface area contributed by atoms with Crippen molar-refractivity contribution in [3.8, 4) is 0 Å². The maximum Gasteiger partial charge on any atom is 0.311 e. The Bertz CT molecular complexity index is 501. The van der Waals surface area contributed by atoms with E-state index in [-0.39, 0.29) is 12.5 Å². The average molecular weight is 295 g/mol. The maximum absolute atomic E-state index is 12.1. The molecule has 0 saturated heterocycles. The maximum atomic E-state index is 12.1. The van der Waals surface area contributed by atoms with Gasteiger partial charge < -0.3 is 10.4 Å². The zero-order chi connectivity index (χ0) is 14.8. The summed E-state index contributed by atoms with van der Waals surface area (Å²) >= 11 is 1.39. The lowest BCUT2D eigenvalue weighted by Gasteiger charge is -2.35. The first-order valence-electron chi connectivity index (χ1n) is 7.00. The highest BCUT2D eigenvalue weighted by Gasteiger charge is 2.41. The fourth-order valence-electron chi connectivity index (χ4n) is 2.72. The lowest BCUT2D eigenvalue weighted by Crippen LogP contribution is -2.45. The SMILES string of the molecule is Cc1ccsc1C(=O)NCC1(C(=O)O)CCC(C)CC1.